The second kappa shape index (κ2) is 7.71. The SMILES string of the molecule is CC1CCCCC1CCOC(=O)c1cc(Cl)cc(Cl)c1Cl. The smallest absolute Gasteiger partial charge is 0.339 e. The second-order valence-corrected chi connectivity index (χ2v) is 6.92. The average molecular weight is 350 g/mol. The van der Waals surface area contributed by atoms with Crippen LogP contribution in [0.5, 0.6) is 0 Å². The van der Waals surface area contributed by atoms with Crippen LogP contribution in [0.1, 0.15) is 49.4 Å². The zero-order chi connectivity index (χ0) is 15.4. The summed E-state index contributed by atoms with van der Waals surface area (Å²) < 4.78 is 5.33. The van der Waals surface area contributed by atoms with Crippen LogP contribution in [0.2, 0.25) is 15.1 Å². The maximum atomic E-state index is 12.1. The number of halogens is 3. The van der Waals surface area contributed by atoms with Gasteiger partial charge < -0.3 is 4.74 Å². The highest BCUT2D eigenvalue weighted by Gasteiger charge is 2.22. The fourth-order valence-corrected chi connectivity index (χ4v) is 3.59. The molecule has 0 heterocycles. The van der Waals surface area contributed by atoms with Crippen LogP contribution in [0.15, 0.2) is 12.1 Å². The Balaban J connectivity index is 1.90. The lowest BCUT2D eigenvalue weighted by molar-refractivity contribution is 0.0459. The van der Waals surface area contributed by atoms with Crippen LogP contribution < -0.4 is 0 Å². The van der Waals surface area contributed by atoms with Crippen molar-refractivity contribution >= 4 is 40.8 Å². The van der Waals surface area contributed by atoms with Gasteiger partial charge in [-0.25, -0.2) is 4.79 Å². The highest BCUT2D eigenvalue weighted by Crippen LogP contribution is 2.33. The van der Waals surface area contributed by atoms with Crippen molar-refractivity contribution in [3.05, 3.63) is 32.8 Å². The Bertz CT molecular complexity index is 516. The number of carbonyl (C=O) groups is 1. The molecule has 0 amide bonds. The summed E-state index contributed by atoms with van der Waals surface area (Å²) in [5.74, 6) is 0.888. The van der Waals surface area contributed by atoms with E-state index in [1.54, 1.807) is 0 Å². The Morgan fingerprint density at radius 3 is 2.67 bits per heavy atom. The molecule has 2 atom stereocenters. The molecule has 2 unspecified atom stereocenters. The van der Waals surface area contributed by atoms with Crippen LogP contribution in [-0.2, 0) is 4.74 Å². The van der Waals surface area contributed by atoms with Gasteiger partial charge in [0.2, 0.25) is 0 Å². The lowest BCUT2D eigenvalue weighted by atomic mass is 9.79. The van der Waals surface area contributed by atoms with Gasteiger partial charge in [-0.1, -0.05) is 67.4 Å². The Hall–Kier alpha value is -0.440. The van der Waals surface area contributed by atoms with E-state index in [1.807, 2.05) is 0 Å². The van der Waals surface area contributed by atoms with E-state index in [0.29, 0.717) is 23.5 Å². The van der Waals surface area contributed by atoms with E-state index in [2.05, 4.69) is 6.92 Å². The van der Waals surface area contributed by atoms with Crippen LogP contribution in [0.4, 0.5) is 0 Å². The summed E-state index contributed by atoms with van der Waals surface area (Å²) in [5.41, 5.74) is 0.228. The number of hydrogen-bond donors (Lipinski definition) is 0. The summed E-state index contributed by atoms with van der Waals surface area (Å²) in [5, 5.41) is 0.825. The molecule has 0 radical (unpaired) electrons. The summed E-state index contributed by atoms with van der Waals surface area (Å²) in [7, 11) is 0. The van der Waals surface area contributed by atoms with Crippen molar-refractivity contribution in [3.63, 3.8) is 0 Å². The van der Waals surface area contributed by atoms with Crippen molar-refractivity contribution in [2.24, 2.45) is 11.8 Å². The molecule has 116 valence electrons. The summed E-state index contributed by atoms with van der Waals surface area (Å²) in [6, 6.07) is 2.99. The van der Waals surface area contributed by atoms with Gasteiger partial charge in [-0.3, -0.25) is 0 Å². The standard InChI is InChI=1S/C16H19Cl3O2/c1-10-4-2-3-5-11(10)6-7-21-16(20)13-8-12(17)9-14(18)15(13)19/h8-11H,2-7H2,1H3. The molecular formula is C16H19Cl3O2. The van der Waals surface area contributed by atoms with E-state index in [1.165, 1.54) is 37.8 Å². The lowest BCUT2D eigenvalue weighted by Gasteiger charge is -2.28. The normalized spacial score (nSPS) is 22.1. The van der Waals surface area contributed by atoms with Crippen molar-refractivity contribution in [1.29, 1.82) is 0 Å². The maximum absolute atomic E-state index is 12.1. The second-order valence-electron chi connectivity index (χ2n) is 5.70. The molecule has 0 N–H and O–H groups in total. The molecule has 0 bridgehead atoms. The van der Waals surface area contributed by atoms with E-state index in [4.69, 9.17) is 39.5 Å². The minimum absolute atomic E-state index is 0.192. The van der Waals surface area contributed by atoms with Crippen molar-refractivity contribution < 1.29 is 9.53 Å². The first-order chi connectivity index (χ1) is 9.99. The first-order valence-electron chi connectivity index (χ1n) is 7.30. The molecule has 1 saturated carbocycles. The molecule has 21 heavy (non-hydrogen) atoms. The highest BCUT2D eigenvalue weighted by molar-refractivity contribution is 6.45. The van der Waals surface area contributed by atoms with Crippen LogP contribution >= 0.6 is 34.8 Å². The molecule has 0 aliphatic heterocycles. The van der Waals surface area contributed by atoms with Gasteiger partial charge in [0, 0.05) is 5.02 Å². The fraction of sp³-hybridized carbons (Fsp3) is 0.562. The van der Waals surface area contributed by atoms with Crippen LogP contribution in [0, 0.1) is 11.8 Å². The highest BCUT2D eigenvalue weighted by atomic mass is 35.5. The number of carbonyl (C=O) groups excluding carboxylic acids is 1. The number of hydrogen-bond acceptors (Lipinski definition) is 2. The third kappa shape index (κ3) is 4.51. The van der Waals surface area contributed by atoms with Gasteiger partial charge in [-0.15, -0.1) is 0 Å². The average Bonchev–Trinajstić information content (AvgIpc) is 2.44. The number of esters is 1. The Morgan fingerprint density at radius 2 is 1.95 bits per heavy atom. The predicted octanol–water partition coefficient (Wildman–Crippen LogP) is 6.02. The van der Waals surface area contributed by atoms with E-state index >= 15 is 0 Å². The Labute approximate surface area is 140 Å². The van der Waals surface area contributed by atoms with Gasteiger partial charge in [0.15, 0.2) is 0 Å². The van der Waals surface area contributed by atoms with Crippen molar-refractivity contribution in [1.82, 2.24) is 0 Å². The molecule has 2 rings (SSSR count). The largest absolute Gasteiger partial charge is 0.462 e. The molecule has 5 heteroatoms. The van der Waals surface area contributed by atoms with Gasteiger partial charge in [0.1, 0.15) is 0 Å². The van der Waals surface area contributed by atoms with E-state index in [0.717, 1.165) is 6.42 Å². The third-order valence-electron chi connectivity index (χ3n) is 4.22. The Kier molecular flexibility index (Phi) is 6.21. The maximum Gasteiger partial charge on any atom is 0.339 e. The fourth-order valence-electron chi connectivity index (χ4n) is 2.91. The monoisotopic (exact) mass is 348 g/mol. The molecular weight excluding hydrogens is 331 g/mol. The quantitative estimate of drug-likeness (QED) is 0.490. The van der Waals surface area contributed by atoms with E-state index in [-0.39, 0.29) is 15.6 Å². The number of benzene rings is 1. The van der Waals surface area contributed by atoms with Crippen molar-refractivity contribution in [3.8, 4) is 0 Å². The predicted molar refractivity (Wildman–Crippen MR) is 87.5 cm³/mol. The van der Waals surface area contributed by atoms with Crippen LogP contribution in [0.3, 0.4) is 0 Å². The van der Waals surface area contributed by atoms with Crippen LogP contribution in [-0.4, -0.2) is 12.6 Å². The van der Waals surface area contributed by atoms with E-state index in [9.17, 15) is 4.79 Å². The topological polar surface area (TPSA) is 26.3 Å². The number of rotatable bonds is 4. The van der Waals surface area contributed by atoms with Crippen molar-refractivity contribution in [2.45, 2.75) is 39.0 Å². The molecule has 1 fully saturated rings. The molecule has 0 aromatic heterocycles. The molecule has 1 aliphatic carbocycles. The summed E-state index contributed by atoms with van der Waals surface area (Å²) >= 11 is 17.8. The Morgan fingerprint density at radius 1 is 1.24 bits per heavy atom. The molecule has 1 aromatic rings. The van der Waals surface area contributed by atoms with E-state index < -0.39 is 5.97 Å². The van der Waals surface area contributed by atoms with Gasteiger partial charge >= 0.3 is 5.97 Å². The van der Waals surface area contributed by atoms with Gasteiger partial charge in [-0.05, 0) is 30.4 Å². The molecule has 0 spiro atoms. The minimum Gasteiger partial charge on any atom is -0.462 e. The summed E-state index contributed by atoms with van der Waals surface area (Å²) in [6.07, 6.45) is 5.99. The third-order valence-corrected chi connectivity index (χ3v) is 5.24. The molecule has 0 saturated heterocycles. The summed E-state index contributed by atoms with van der Waals surface area (Å²) in [4.78, 5) is 12.1. The zero-order valence-corrected chi connectivity index (χ0v) is 14.3. The molecule has 2 nitrogen and oxygen atoms in total. The molecule has 1 aliphatic rings. The zero-order valence-electron chi connectivity index (χ0n) is 12.0. The van der Waals surface area contributed by atoms with Crippen molar-refractivity contribution in [2.75, 3.05) is 6.61 Å². The lowest BCUT2D eigenvalue weighted by Crippen LogP contribution is -2.19. The van der Waals surface area contributed by atoms with Gasteiger partial charge in [0.05, 0.1) is 22.2 Å². The van der Waals surface area contributed by atoms with Gasteiger partial charge in [0.25, 0.3) is 0 Å². The van der Waals surface area contributed by atoms with Gasteiger partial charge in [-0.2, -0.15) is 0 Å². The number of ether oxygens (including phenoxy) is 1. The summed E-state index contributed by atoms with van der Waals surface area (Å²) in [6.45, 7) is 2.69. The first kappa shape index (κ1) is 16.9. The minimum atomic E-state index is -0.465. The first-order valence-corrected chi connectivity index (χ1v) is 8.44. The van der Waals surface area contributed by atoms with Crippen LogP contribution in [0.25, 0.3) is 0 Å². The molecule has 1 aromatic carbocycles.